The predicted molar refractivity (Wildman–Crippen MR) is 90.9 cm³/mol. The maximum absolute atomic E-state index is 12.7. The second kappa shape index (κ2) is 7.04. The highest BCUT2D eigenvalue weighted by atomic mass is 32.2. The lowest BCUT2D eigenvalue weighted by atomic mass is 10.1. The monoisotopic (exact) mass is 349 g/mol. The number of hydrogen-bond donors (Lipinski definition) is 1. The van der Waals surface area contributed by atoms with E-state index in [0.717, 1.165) is 24.8 Å². The summed E-state index contributed by atoms with van der Waals surface area (Å²) in [5.74, 6) is 0.0177. The lowest BCUT2D eigenvalue weighted by Crippen LogP contribution is -2.34. The summed E-state index contributed by atoms with van der Waals surface area (Å²) in [5, 5.41) is 14.1. The molecule has 2 unspecified atom stereocenters. The van der Waals surface area contributed by atoms with Crippen LogP contribution in [-0.2, 0) is 16.6 Å². The van der Waals surface area contributed by atoms with Gasteiger partial charge in [-0.1, -0.05) is 36.8 Å². The number of hydrogen-bond acceptors (Lipinski definition) is 4. The number of benzene rings is 1. The maximum Gasteiger partial charge on any atom is 0.245 e. The smallest absolute Gasteiger partial charge is 0.245 e. The highest BCUT2D eigenvalue weighted by Crippen LogP contribution is 2.27. The van der Waals surface area contributed by atoms with E-state index in [-0.39, 0.29) is 10.8 Å². The van der Waals surface area contributed by atoms with Gasteiger partial charge >= 0.3 is 0 Å². The van der Waals surface area contributed by atoms with Gasteiger partial charge in [-0.05, 0) is 24.3 Å². The lowest BCUT2D eigenvalue weighted by Gasteiger charge is -2.22. The molecule has 3 rings (SSSR count). The quantitative estimate of drug-likeness (QED) is 0.861. The molecule has 0 bridgehead atoms. The van der Waals surface area contributed by atoms with Crippen molar-refractivity contribution in [1.29, 1.82) is 0 Å². The summed E-state index contributed by atoms with van der Waals surface area (Å²) in [5.41, 5.74) is 1.06. The van der Waals surface area contributed by atoms with Crippen LogP contribution in [0.15, 0.2) is 47.6 Å². The zero-order valence-corrected chi connectivity index (χ0v) is 14.6. The second-order valence-corrected chi connectivity index (χ2v) is 8.45. The first-order valence-corrected chi connectivity index (χ1v) is 9.61. The summed E-state index contributed by atoms with van der Waals surface area (Å²) in [6.45, 7) is 0.870. The van der Waals surface area contributed by atoms with E-state index < -0.39 is 16.1 Å². The summed E-state index contributed by atoms with van der Waals surface area (Å²) < 4.78 is 28.3. The van der Waals surface area contributed by atoms with Crippen molar-refractivity contribution < 1.29 is 13.5 Å². The molecule has 0 spiro atoms. The van der Waals surface area contributed by atoms with Crippen molar-refractivity contribution in [2.45, 2.75) is 36.8 Å². The Morgan fingerprint density at radius 3 is 2.71 bits per heavy atom. The molecular formula is C17H23N3O3S. The van der Waals surface area contributed by atoms with Crippen molar-refractivity contribution >= 4 is 10.0 Å². The van der Waals surface area contributed by atoms with E-state index in [1.54, 1.807) is 17.9 Å². The van der Waals surface area contributed by atoms with Gasteiger partial charge in [-0.2, -0.15) is 5.10 Å². The normalized spacial score (nSPS) is 21.5. The average Bonchev–Trinajstić information content (AvgIpc) is 3.18. The molecule has 1 aliphatic carbocycles. The average molecular weight is 349 g/mol. The molecule has 1 saturated carbocycles. The molecule has 1 aromatic heterocycles. The Labute approximate surface area is 142 Å². The molecule has 0 amide bonds. The Balaban J connectivity index is 1.70. The third-order valence-electron chi connectivity index (χ3n) is 4.62. The third kappa shape index (κ3) is 3.68. The first-order chi connectivity index (χ1) is 11.5. The van der Waals surface area contributed by atoms with Crippen molar-refractivity contribution in [3.8, 4) is 0 Å². The van der Waals surface area contributed by atoms with Crippen LogP contribution in [0.25, 0.3) is 0 Å². The fraction of sp³-hybridized carbons (Fsp3) is 0.471. The number of aliphatic hydroxyl groups is 1. The van der Waals surface area contributed by atoms with Crippen LogP contribution in [0.2, 0.25) is 0 Å². The van der Waals surface area contributed by atoms with Gasteiger partial charge in [-0.3, -0.25) is 4.68 Å². The van der Waals surface area contributed by atoms with Gasteiger partial charge in [-0.15, -0.1) is 0 Å². The van der Waals surface area contributed by atoms with Crippen LogP contribution < -0.4 is 0 Å². The van der Waals surface area contributed by atoms with Crippen LogP contribution >= 0.6 is 0 Å². The van der Waals surface area contributed by atoms with E-state index in [4.69, 9.17) is 0 Å². The van der Waals surface area contributed by atoms with Crippen molar-refractivity contribution in [1.82, 2.24) is 14.1 Å². The van der Waals surface area contributed by atoms with Gasteiger partial charge < -0.3 is 5.11 Å². The predicted octanol–water partition coefficient (Wildman–Crippen LogP) is 1.71. The third-order valence-corrected chi connectivity index (χ3v) is 6.39. The molecule has 0 aliphatic heterocycles. The topological polar surface area (TPSA) is 75.4 Å². The molecule has 2 atom stereocenters. The largest absolute Gasteiger partial charge is 0.393 e. The van der Waals surface area contributed by atoms with Crippen molar-refractivity contribution in [3.63, 3.8) is 0 Å². The van der Waals surface area contributed by atoms with Gasteiger partial charge in [0, 0.05) is 19.8 Å². The molecular weight excluding hydrogens is 326 g/mol. The molecule has 1 fully saturated rings. The van der Waals surface area contributed by atoms with Crippen molar-refractivity contribution in [2.75, 3.05) is 13.6 Å². The molecule has 1 aliphatic rings. The van der Waals surface area contributed by atoms with Gasteiger partial charge in [0.05, 0.1) is 18.8 Å². The van der Waals surface area contributed by atoms with Crippen LogP contribution in [0, 0.1) is 5.92 Å². The second-order valence-electron chi connectivity index (χ2n) is 6.40. The van der Waals surface area contributed by atoms with E-state index >= 15 is 0 Å². The minimum Gasteiger partial charge on any atom is -0.393 e. The van der Waals surface area contributed by atoms with Gasteiger partial charge in [0.1, 0.15) is 4.90 Å². The molecule has 1 aromatic carbocycles. The van der Waals surface area contributed by atoms with Gasteiger partial charge in [-0.25, -0.2) is 12.7 Å². The highest BCUT2D eigenvalue weighted by molar-refractivity contribution is 7.89. The van der Waals surface area contributed by atoms with Crippen LogP contribution in [0.1, 0.15) is 24.8 Å². The summed E-state index contributed by atoms with van der Waals surface area (Å²) in [7, 11) is -2.02. The number of aliphatic hydroxyl groups excluding tert-OH is 1. The van der Waals surface area contributed by atoms with E-state index in [0.29, 0.717) is 13.1 Å². The van der Waals surface area contributed by atoms with Crippen molar-refractivity contribution in [3.05, 3.63) is 48.3 Å². The summed E-state index contributed by atoms with van der Waals surface area (Å²) in [6, 6.07) is 9.77. The SMILES string of the molecule is CN(CC1CCCC1O)S(=O)(=O)c1cnn(Cc2ccccc2)c1. The molecule has 130 valence electrons. The Morgan fingerprint density at radius 2 is 2.04 bits per heavy atom. The Hall–Kier alpha value is -1.70. The van der Waals surface area contributed by atoms with Crippen LogP contribution in [-0.4, -0.2) is 47.3 Å². The summed E-state index contributed by atoms with van der Waals surface area (Å²) in [6.07, 6.45) is 5.13. The Kier molecular flexibility index (Phi) is 5.03. The molecule has 2 aromatic rings. The lowest BCUT2D eigenvalue weighted by molar-refractivity contribution is 0.123. The van der Waals surface area contributed by atoms with Gasteiger partial charge in [0.25, 0.3) is 0 Å². The number of sulfonamides is 1. The summed E-state index contributed by atoms with van der Waals surface area (Å²) in [4.78, 5) is 0.188. The fourth-order valence-corrected chi connectivity index (χ4v) is 4.36. The van der Waals surface area contributed by atoms with E-state index in [1.165, 1.54) is 10.5 Å². The number of aromatic nitrogens is 2. The van der Waals surface area contributed by atoms with E-state index in [1.807, 2.05) is 30.3 Å². The van der Waals surface area contributed by atoms with E-state index in [2.05, 4.69) is 5.10 Å². The molecule has 24 heavy (non-hydrogen) atoms. The maximum atomic E-state index is 12.7. The van der Waals surface area contributed by atoms with E-state index in [9.17, 15) is 13.5 Å². The molecule has 6 nitrogen and oxygen atoms in total. The number of nitrogens with zero attached hydrogens (tertiary/aromatic N) is 3. The molecule has 0 saturated heterocycles. The minimum absolute atomic E-state index is 0.0177. The highest BCUT2D eigenvalue weighted by Gasteiger charge is 2.31. The Morgan fingerprint density at radius 1 is 1.29 bits per heavy atom. The molecule has 0 radical (unpaired) electrons. The van der Waals surface area contributed by atoms with Crippen molar-refractivity contribution in [2.24, 2.45) is 5.92 Å². The van der Waals surface area contributed by atoms with Crippen LogP contribution in [0.4, 0.5) is 0 Å². The molecule has 1 heterocycles. The fourth-order valence-electron chi connectivity index (χ4n) is 3.17. The van der Waals surface area contributed by atoms with Gasteiger partial charge in [0.15, 0.2) is 0 Å². The zero-order chi connectivity index (χ0) is 17.2. The first-order valence-electron chi connectivity index (χ1n) is 8.17. The van der Waals surface area contributed by atoms with Gasteiger partial charge in [0.2, 0.25) is 10.0 Å². The standard InChI is InChI=1S/C17H23N3O3S/c1-19(12-15-8-5-9-17(15)21)24(22,23)16-10-18-20(13-16)11-14-6-3-2-4-7-14/h2-4,6-7,10,13,15,17,21H,5,8-9,11-12H2,1H3. The minimum atomic E-state index is -3.58. The van der Waals surface area contributed by atoms with Crippen LogP contribution in [0.3, 0.4) is 0 Å². The Bertz CT molecular complexity index is 773. The number of rotatable bonds is 6. The summed E-state index contributed by atoms with van der Waals surface area (Å²) >= 11 is 0. The van der Waals surface area contributed by atoms with Crippen LogP contribution in [0.5, 0.6) is 0 Å². The zero-order valence-electron chi connectivity index (χ0n) is 13.7. The molecule has 7 heteroatoms. The first kappa shape index (κ1) is 17.1. The molecule has 1 N–H and O–H groups in total.